The third-order valence-electron chi connectivity index (χ3n) is 3.02. The molecule has 1 aromatic heterocycles. The first-order valence-corrected chi connectivity index (χ1v) is 8.38. The van der Waals surface area contributed by atoms with E-state index in [1.807, 2.05) is 17.5 Å². The minimum Gasteiger partial charge on any atom is -0.366 e. The lowest BCUT2D eigenvalue weighted by atomic mass is 10.1. The average molecular weight is 346 g/mol. The maximum Gasteiger partial charge on any atom is 0.270 e. The minimum absolute atomic E-state index is 0.239. The molecule has 22 heavy (non-hydrogen) atoms. The molecule has 2 aromatic rings. The van der Waals surface area contributed by atoms with Gasteiger partial charge in [-0.1, -0.05) is 42.2 Å². The van der Waals surface area contributed by atoms with Crippen LogP contribution in [0.4, 0.5) is 5.69 Å². The first kappa shape index (κ1) is 15.0. The van der Waals surface area contributed by atoms with Crippen LogP contribution in [-0.2, 0) is 4.79 Å². The number of anilines is 1. The topological polar surface area (TPSA) is 63.4 Å². The number of nitrogens with zero attached hydrogens (tertiary/aromatic N) is 1. The Morgan fingerprint density at radius 2 is 2.00 bits per heavy atom. The lowest BCUT2D eigenvalue weighted by molar-refractivity contribution is -0.113. The van der Waals surface area contributed by atoms with Crippen molar-refractivity contribution < 1.29 is 9.59 Å². The predicted octanol–water partition coefficient (Wildman–Crippen LogP) is 3.25. The van der Waals surface area contributed by atoms with E-state index in [0.29, 0.717) is 14.9 Å². The number of carbonyl (C=O) groups is 2. The van der Waals surface area contributed by atoms with Crippen LogP contribution in [0, 0.1) is 0 Å². The van der Waals surface area contributed by atoms with E-state index in [1.165, 1.54) is 16.7 Å². The predicted molar refractivity (Wildman–Crippen MR) is 94.9 cm³/mol. The second-order valence-electron chi connectivity index (χ2n) is 4.41. The summed E-state index contributed by atoms with van der Waals surface area (Å²) < 4.78 is 0.390. The number of nitrogens with two attached hydrogens (primary N) is 1. The van der Waals surface area contributed by atoms with Crippen LogP contribution in [0.2, 0.25) is 0 Å². The van der Waals surface area contributed by atoms with Crippen molar-refractivity contribution in [1.29, 1.82) is 0 Å². The molecule has 110 valence electrons. The molecule has 0 radical (unpaired) electrons. The van der Waals surface area contributed by atoms with Crippen molar-refractivity contribution in [1.82, 2.24) is 0 Å². The quantitative estimate of drug-likeness (QED) is 0.684. The monoisotopic (exact) mass is 346 g/mol. The SMILES string of the molecule is NC(=O)c1ccccc1N1C(=O)/C(=C\c2cccs2)SC1=S. The highest BCUT2D eigenvalue weighted by molar-refractivity contribution is 8.27. The molecule has 0 unspecified atom stereocenters. The third kappa shape index (κ3) is 2.70. The molecule has 2 heterocycles. The summed E-state index contributed by atoms with van der Waals surface area (Å²) in [4.78, 5) is 27.0. The molecule has 1 aromatic carbocycles. The number of thioether (sulfide) groups is 1. The second-order valence-corrected chi connectivity index (χ2v) is 7.07. The normalized spacial score (nSPS) is 16.5. The average Bonchev–Trinajstić information content (AvgIpc) is 3.08. The summed E-state index contributed by atoms with van der Waals surface area (Å²) in [6, 6.07) is 10.5. The first-order chi connectivity index (χ1) is 10.6. The van der Waals surface area contributed by atoms with Crippen molar-refractivity contribution in [3.8, 4) is 0 Å². The Morgan fingerprint density at radius 3 is 2.68 bits per heavy atom. The van der Waals surface area contributed by atoms with E-state index in [9.17, 15) is 9.59 Å². The van der Waals surface area contributed by atoms with Crippen LogP contribution in [0.3, 0.4) is 0 Å². The highest BCUT2D eigenvalue weighted by Crippen LogP contribution is 2.37. The van der Waals surface area contributed by atoms with Gasteiger partial charge in [0.2, 0.25) is 0 Å². The van der Waals surface area contributed by atoms with Gasteiger partial charge in [0.05, 0.1) is 16.2 Å². The van der Waals surface area contributed by atoms with Crippen molar-refractivity contribution in [3.05, 3.63) is 57.1 Å². The number of carbonyl (C=O) groups excluding carboxylic acids is 2. The molecule has 0 bridgehead atoms. The van der Waals surface area contributed by atoms with Crippen molar-refractivity contribution in [2.45, 2.75) is 0 Å². The van der Waals surface area contributed by atoms with E-state index in [-0.39, 0.29) is 11.5 Å². The highest BCUT2D eigenvalue weighted by atomic mass is 32.2. The largest absolute Gasteiger partial charge is 0.366 e. The van der Waals surface area contributed by atoms with Gasteiger partial charge in [-0.05, 0) is 29.7 Å². The molecule has 2 N–H and O–H groups in total. The molecule has 0 saturated carbocycles. The molecule has 1 fully saturated rings. The van der Waals surface area contributed by atoms with Crippen molar-refractivity contribution in [3.63, 3.8) is 0 Å². The number of primary amides is 1. The zero-order valence-corrected chi connectivity index (χ0v) is 13.6. The van der Waals surface area contributed by atoms with E-state index >= 15 is 0 Å². The van der Waals surface area contributed by atoms with Crippen molar-refractivity contribution in [2.24, 2.45) is 5.73 Å². The maximum absolute atomic E-state index is 12.6. The number of hydrogen-bond donors (Lipinski definition) is 1. The van der Waals surface area contributed by atoms with E-state index in [1.54, 1.807) is 41.7 Å². The number of thiophene rings is 1. The van der Waals surface area contributed by atoms with Gasteiger partial charge in [0.15, 0.2) is 4.32 Å². The summed E-state index contributed by atoms with van der Waals surface area (Å²) in [5, 5.41) is 1.94. The molecule has 7 heteroatoms. The van der Waals surface area contributed by atoms with Crippen LogP contribution in [0.15, 0.2) is 46.7 Å². The number of benzene rings is 1. The van der Waals surface area contributed by atoms with Gasteiger partial charge in [-0.25, -0.2) is 0 Å². The van der Waals surface area contributed by atoms with Crippen LogP contribution in [0.25, 0.3) is 6.08 Å². The smallest absolute Gasteiger partial charge is 0.270 e. The molecule has 1 aliphatic heterocycles. The number of thiocarbonyl (C=S) groups is 1. The van der Waals surface area contributed by atoms with Gasteiger partial charge >= 0.3 is 0 Å². The number of rotatable bonds is 3. The number of amides is 2. The zero-order chi connectivity index (χ0) is 15.7. The summed E-state index contributed by atoms with van der Waals surface area (Å²) in [6.45, 7) is 0. The molecule has 1 aliphatic rings. The van der Waals surface area contributed by atoms with Gasteiger partial charge in [-0.15, -0.1) is 11.3 Å². The third-order valence-corrected chi connectivity index (χ3v) is 5.14. The summed E-state index contributed by atoms with van der Waals surface area (Å²) in [5.74, 6) is -0.830. The molecule has 0 spiro atoms. The molecule has 3 rings (SSSR count). The van der Waals surface area contributed by atoms with E-state index < -0.39 is 5.91 Å². The van der Waals surface area contributed by atoms with Crippen molar-refractivity contribution >= 4 is 63.2 Å². The Bertz CT molecular complexity index is 797. The summed E-state index contributed by atoms with van der Waals surface area (Å²) in [6.07, 6.45) is 1.80. The summed E-state index contributed by atoms with van der Waals surface area (Å²) in [7, 11) is 0. The fourth-order valence-electron chi connectivity index (χ4n) is 2.06. The zero-order valence-electron chi connectivity index (χ0n) is 11.2. The Balaban J connectivity index is 2.01. The lowest BCUT2D eigenvalue weighted by Gasteiger charge is -2.17. The van der Waals surface area contributed by atoms with Crippen LogP contribution < -0.4 is 10.6 Å². The van der Waals surface area contributed by atoms with E-state index in [2.05, 4.69) is 0 Å². The van der Waals surface area contributed by atoms with Gasteiger partial charge in [0.1, 0.15) is 0 Å². The molecule has 0 atom stereocenters. The molecular weight excluding hydrogens is 336 g/mol. The molecule has 4 nitrogen and oxygen atoms in total. The number of para-hydroxylation sites is 1. The van der Waals surface area contributed by atoms with Crippen molar-refractivity contribution in [2.75, 3.05) is 4.90 Å². The Kier molecular flexibility index (Phi) is 4.10. The first-order valence-electron chi connectivity index (χ1n) is 6.28. The van der Waals surface area contributed by atoms with Gasteiger partial charge in [0.25, 0.3) is 11.8 Å². The van der Waals surface area contributed by atoms with Crippen LogP contribution in [-0.4, -0.2) is 16.1 Å². The molecule has 1 saturated heterocycles. The van der Waals surface area contributed by atoms with Crippen LogP contribution in [0.1, 0.15) is 15.2 Å². The fraction of sp³-hybridized carbons (Fsp3) is 0. The maximum atomic E-state index is 12.6. The Labute approximate surface area is 140 Å². The number of hydrogen-bond acceptors (Lipinski definition) is 5. The lowest BCUT2D eigenvalue weighted by Crippen LogP contribution is -2.30. The fourth-order valence-corrected chi connectivity index (χ4v) is 4.06. The van der Waals surface area contributed by atoms with Crippen LogP contribution >= 0.6 is 35.3 Å². The molecule has 0 aliphatic carbocycles. The Morgan fingerprint density at radius 1 is 1.23 bits per heavy atom. The minimum atomic E-state index is -0.591. The Hall–Kier alpha value is -1.96. The summed E-state index contributed by atoms with van der Waals surface area (Å²) >= 11 is 8.06. The van der Waals surface area contributed by atoms with Crippen LogP contribution in [0.5, 0.6) is 0 Å². The van der Waals surface area contributed by atoms with Gasteiger partial charge in [-0.3, -0.25) is 14.5 Å². The van der Waals surface area contributed by atoms with E-state index in [4.69, 9.17) is 18.0 Å². The standard InChI is InChI=1S/C15H10N2O2S3/c16-13(18)10-5-1-2-6-11(10)17-14(19)12(22-15(17)20)8-9-4-3-7-21-9/h1-8H,(H2,16,18)/b12-8+. The van der Waals surface area contributed by atoms with Gasteiger partial charge in [-0.2, -0.15) is 0 Å². The molecule has 2 amide bonds. The molecular formula is C15H10N2O2S3. The summed E-state index contributed by atoms with van der Waals surface area (Å²) in [5.41, 5.74) is 6.07. The van der Waals surface area contributed by atoms with Gasteiger partial charge in [0, 0.05) is 4.88 Å². The van der Waals surface area contributed by atoms with E-state index in [0.717, 1.165) is 4.88 Å². The van der Waals surface area contributed by atoms with Gasteiger partial charge < -0.3 is 5.73 Å². The second kappa shape index (κ2) is 6.04. The highest BCUT2D eigenvalue weighted by Gasteiger charge is 2.35.